The van der Waals surface area contributed by atoms with Crippen LogP contribution in [-0.4, -0.2) is 56.6 Å². The van der Waals surface area contributed by atoms with Crippen LogP contribution in [0.15, 0.2) is 18.2 Å². The molecule has 1 unspecified atom stereocenters. The molecule has 184 valence electrons. The fourth-order valence-corrected chi connectivity index (χ4v) is 4.99. The van der Waals surface area contributed by atoms with Crippen molar-refractivity contribution in [3.05, 3.63) is 50.8 Å². The van der Waals surface area contributed by atoms with Gasteiger partial charge >= 0.3 is 6.09 Å². The van der Waals surface area contributed by atoms with Crippen LogP contribution >= 0.6 is 23.2 Å². The van der Waals surface area contributed by atoms with E-state index in [9.17, 15) is 14.7 Å². The molecule has 1 saturated heterocycles. The summed E-state index contributed by atoms with van der Waals surface area (Å²) in [5.41, 5.74) is 2.95. The number of rotatable bonds is 3. The van der Waals surface area contributed by atoms with E-state index in [2.05, 4.69) is 4.98 Å². The quantitative estimate of drug-likeness (QED) is 0.596. The van der Waals surface area contributed by atoms with Gasteiger partial charge in [0.05, 0.1) is 30.5 Å². The number of aliphatic hydroxyl groups excluding tert-OH is 1. The summed E-state index contributed by atoms with van der Waals surface area (Å²) >= 11 is 12.6. The summed E-state index contributed by atoms with van der Waals surface area (Å²) in [7, 11) is 0. The largest absolute Gasteiger partial charge is 0.444 e. The number of likely N-dealkylation sites (tertiary alicyclic amines) is 1. The molecule has 34 heavy (non-hydrogen) atoms. The number of aromatic nitrogens is 1. The van der Waals surface area contributed by atoms with Crippen LogP contribution in [-0.2, 0) is 17.9 Å². The Labute approximate surface area is 210 Å². The van der Waals surface area contributed by atoms with Crippen LogP contribution in [0, 0.1) is 6.92 Å². The Morgan fingerprint density at radius 3 is 2.59 bits per heavy atom. The molecule has 9 heteroatoms. The summed E-state index contributed by atoms with van der Waals surface area (Å²) in [5, 5.41) is 11.0. The number of fused-ring (bicyclic) bond motifs is 1. The van der Waals surface area contributed by atoms with Crippen molar-refractivity contribution < 1.29 is 19.4 Å². The van der Waals surface area contributed by atoms with Crippen molar-refractivity contribution in [2.24, 2.45) is 0 Å². The molecule has 7 nitrogen and oxygen atoms in total. The molecule has 2 aromatic rings. The van der Waals surface area contributed by atoms with Gasteiger partial charge in [0.2, 0.25) is 0 Å². The first-order valence-corrected chi connectivity index (χ1v) is 11.6. The predicted octanol–water partition coefficient (Wildman–Crippen LogP) is 5.46. The van der Waals surface area contributed by atoms with Crippen molar-refractivity contribution in [2.45, 2.75) is 66.3 Å². The lowest BCUT2D eigenvalue weighted by Crippen LogP contribution is -2.40. The fraction of sp³-hybridized carbons (Fsp3) is 0.480. The van der Waals surface area contributed by atoms with Gasteiger partial charge in [0.25, 0.3) is 5.91 Å². The molecule has 1 atom stereocenters. The number of benzene rings is 1. The van der Waals surface area contributed by atoms with Crippen molar-refractivity contribution in [3.8, 4) is 11.1 Å². The van der Waals surface area contributed by atoms with Crippen molar-refractivity contribution in [3.63, 3.8) is 0 Å². The third-order valence-electron chi connectivity index (χ3n) is 5.99. The van der Waals surface area contributed by atoms with Gasteiger partial charge in [-0.05, 0) is 46.2 Å². The summed E-state index contributed by atoms with van der Waals surface area (Å²) in [6.07, 6.45) is 0.279. The van der Waals surface area contributed by atoms with E-state index in [1.807, 2.05) is 27.7 Å². The topological polar surface area (TPSA) is 83.0 Å². The number of aryl methyl sites for hydroxylation is 1. The van der Waals surface area contributed by atoms with E-state index in [1.54, 1.807) is 28.0 Å². The van der Waals surface area contributed by atoms with Gasteiger partial charge in [-0.1, -0.05) is 36.7 Å². The molecule has 1 aromatic carbocycles. The van der Waals surface area contributed by atoms with E-state index < -0.39 is 5.60 Å². The second kappa shape index (κ2) is 9.72. The van der Waals surface area contributed by atoms with E-state index in [0.29, 0.717) is 69.7 Å². The van der Waals surface area contributed by atoms with Gasteiger partial charge in [0, 0.05) is 45.5 Å². The maximum absolute atomic E-state index is 13.6. The van der Waals surface area contributed by atoms with Crippen LogP contribution in [0.25, 0.3) is 11.1 Å². The normalized spacial score (nSPS) is 17.6. The van der Waals surface area contributed by atoms with E-state index in [4.69, 9.17) is 27.9 Å². The predicted molar refractivity (Wildman–Crippen MR) is 133 cm³/mol. The molecule has 4 rings (SSSR count). The number of nitrogens with zero attached hydrogens (tertiary/aromatic N) is 3. The Hall–Kier alpha value is -2.35. The van der Waals surface area contributed by atoms with E-state index in [1.165, 1.54) is 0 Å². The molecule has 1 aromatic heterocycles. The number of hydrogen-bond donors (Lipinski definition) is 1. The van der Waals surface area contributed by atoms with Gasteiger partial charge in [-0.3, -0.25) is 9.78 Å². The molecule has 1 N–H and O–H groups in total. The van der Waals surface area contributed by atoms with Crippen molar-refractivity contribution in [1.82, 2.24) is 14.8 Å². The molecule has 0 bridgehead atoms. The molecular weight excluding hydrogens is 477 g/mol. The maximum Gasteiger partial charge on any atom is 0.410 e. The number of amides is 2. The zero-order valence-electron chi connectivity index (χ0n) is 19.1. The van der Waals surface area contributed by atoms with Gasteiger partial charge in [-0.15, -0.1) is 0 Å². The highest BCUT2D eigenvalue weighted by molar-refractivity contribution is 6.36. The van der Waals surface area contributed by atoms with Crippen molar-refractivity contribution >= 4 is 35.2 Å². The SMILES string of the molecule is C.Cc1nc2c(c(-c3ccc(Cl)cc3Cl)c1CO)C(=O)N(C1CCN(C(=O)OC(C)(C)C)C1)C2. The van der Waals surface area contributed by atoms with Crippen LogP contribution in [0.5, 0.6) is 0 Å². The molecule has 2 aliphatic rings. The molecular formula is C25H31Cl2N3O4. The monoisotopic (exact) mass is 507 g/mol. The van der Waals surface area contributed by atoms with E-state index in [-0.39, 0.29) is 32.1 Å². The summed E-state index contributed by atoms with van der Waals surface area (Å²) in [6.45, 7) is 8.28. The number of hydrogen-bond acceptors (Lipinski definition) is 5. The third-order valence-corrected chi connectivity index (χ3v) is 6.54. The van der Waals surface area contributed by atoms with Crippen molar-refractivity contribution in [2.75, 3.05) is 13.1 Å². The zero-order chi connectivity index (χ0) is 24.1. The van der Waals surface area contributed by atoms with Crippen LogP contribution in [0.2, 0.25) is 10.0 Å². The standard InChI is InChI=1S/C24H27Cl2N3O4.CH4/c1-13-17(12-30)20(16-6-5-14(25)9-18(16)26)21-19(27-13)11-29(22(21)31)15-7-8-28(10-15)23(32)33-24(2,3)4;/h5-6,9,15,30H,7-8,10-12H2,1-4H3;1H4. The Balaban J connectivity index is 0.00000324. The van der Waals surface area contributed by atoms with Gasteiger partial charge in [-0.25, -0.2) is 4.79 Å². The zero-order valence-corrected chi connectivity index (χ0v) is 20.6. The summed E-state index contributed by atoms with van der Waals surface area (Å²) in [4.78, 5) is 34.2. The third kappa shape index (κ3) is 4.88. The van der Waals surface area contributed by atoms with Gasteiger partial charge in [-0.2, -0.15) is 0 Å². The average Bonchev–Trinajstić information content (AvgIpc) is 3.31. The number of carbonyl (C=O) groups excluding carboxylic acids is 2. The van der Waals surface area contributed by atoms with Crippen LogP contribution in [0.3, 0.4) is 0 Å². The molecule has 0 aliphatic carbocycles. The second-order valence-corrected chi connectivity index (χ2v) is 10.3. The lowest BCUT2D eigenvalue weighted by atomic mass is 9.93. The highest BCUT2D eigenvalue weighted by atomic mass is 35.5. The van der Waals surface area contributed by atoms with Crippen LogP contribution in [0.4, 0.5) is 4.79 Å². The minimum Gasteiger partial charge on any atom is -0.444 e. The van der Waals surface area contributed by atoms with E-state index in [0.717, 1.165) is 0 Å². The Morgan fingerprint density at radius 1 is 1.26 bits per heavy atom. The summed E-state index contributed by atoms with van der Waals surface area (Å²) in [6, 6.07) is 4.94. The number of halogens is 2. The fourth-order valence-electron chi connectivity index (χ4n) is 4.49. The average molecular weight is 508 g/mol. The highest BCUT2D eigenvalue weighted by Crippen LogP contribution is 2.41. The first-order valence-electron chi connectivity index (χ1n) is 10.9. The lowest BCUT2D eigenvalue weighted by molar-refractivity contribution is 0.0276. The molecule has 0 spiro atoms. The Morgan fingerprint density at radius 2 is 1.97 bits per heavy atom. The molecule has 0 radical (unpaired) electrons. The Bertz CT molecular complexity index is 1130. The number of pyridine rings is 1. The number of aliphatic hydroxyl groups is 1. The molecule has 3 heterocycles. The van der Waals surface area contributed by atoms with Gasteiger partial charge in [0.1, 0.15) is 5.60 Å². The lowest BCUT2D eigenvalue weighted by Gasteiger charge is -2.26. The van der Waals surface area contributed by atoms with Gasteiger partial charge < -0.3 is 19.6 Å². The highest BCUT2D eigenvalue weighted by Gasteiger charge is 2.41. The maximum atomic E-state index is 13.6. The second-order valence-electron chi connectivity index (χ2n) is 9.46. The van der Waals surface area contributed by atoms with Crippen molar-refractivity contribution in [1.29, 1.82) is 0 Å². The minimum absolute atomic E-state index is 0. The molecule has 2 aliphatic heterocycles. The first-order chi connectivity index (χ1) is 15.5. The molecule has 1 fully saturated rings. The van der Waals surface area contributed by atoms with Crippen LogP contribution in [0.1, 0.15) is 61.9 Å². The number of carbonyl (C=O) groups is 2. The Kier molecular flexibility index (Phi) is 7.51. The first kappa shape index (κ1) is 26.3. The molecule has 0 saturated carbocycles. The van der Waals surface area contributed by atoms with Crippen LogP contribution < -0.4 is 0 Å². The minimum atomic E-state index is -0.580. The summed E-state index contributed by atoms with van der Waals surface area (Å²) in [5.74, 6) is -0.177. The summed E-state index contributed by atoms with van der Waals surface area (Å²) < 4.78 is 5.49. The van der Waals surface area contributed by atoms with Gasteiger partial charge in [0.15, 0.2) is 0 Å². The number of ether oxygens (including phenoxy) is 1. The smallest absolute Gasteiger partial charge is 0.410 e. The molecule has 2 amide bonds. The van der Waals surface area contributed by atoms with E-state index >= 15 is 0 Å².